The van der Waals surface area contributed by atoms with Crippen molar-refractivity contribution in [3.8, 4) is 0 Å². The maximum Gasteiger partial charge on any atom is 0.0291 e. The highest BCUT2D eigenvalue weighted by molar-refractivity contribution is 5.23. The van der Waals surface area contributed by atoms with Crippen LogP contribution in [0.1, 0.15) is 51.3 Å². The lowest BCUT2D eigenvalue weighted by Crippen LogP contribution is -2.23. The number of rotatable bonds is 4. The highest BCUT2D eigenvalue weighted by Crippen LogP contribution is 2.18. The van der Waals surface area contributed by atoms with Crippen LogP contribution in [0.2, 0.25) is 0 Å². The molecule has 1 aromatic carbocycles. The molecule has 0 saturated heterocycles. The molecular formula is C15H25N. The van der Waals surface area contributed by atoms with Crippen LogP contribution in [-0.2, 0) is 0 Å². The highest BCUT2D eigenvalue weighted by Gasteiger charge is 2.10. The standard InChI is InChI=1S/C15H25N/c1-12-6-8-14(9-7-12)13(2)16-11-10-15(3,4)5/h6-9,13,16H,10-11H2,1-5H3/t13-/m0/s1. The summed E-state index contributed by atoms with van der Waals surface area (Å²) in [6.07, 6.45) is 1.21. The lowest BCUT2D eigenvalue weighted by Gasteiger charge is -2.21. The minimum atomic E-state index is 0.417. The molecule has 0 spiro atoms. The van der Waals surface area contributed by atoms with E-state index in [2.05, 4.69) is 64.2 Å². The van der Waals surface area contributed by atoms with Gasteiger partial charge in [-0.05, 0) is 37.8 Å². The maximum absolute atomic E-state index is 3.57. The Morgan fingerprint density at radius 2 is 1.69 bits per heavy atom. The van der Waals surface area contributed by atoms with Crippen LogP contribution in [-0.4, -0.2) is 6.54 Å². The van der Waals surface area contributed by atoms with Crippen molar-refractivity contribution in [2.24, 2.45) is 5.41 Å². The summed E-state index contributed by atoms with van der Waals surface area (Å²) in [5.74, 6) is 0. The van der Waals surface area contributed by atoms with E-state index in [9.17, 15) is 0 Å². The van der Waals surface area contributed by atoms with Crippen LogP contribution in [0.4, 0.5) is 0 Å². The summed E-state index contributed by atoms with van der Waals surface area (Å²) in [6, 6.07) is 9.23. The Hall–Kier alpha value is -0.820. The molecule has 16 heavy (non-hydrogen) atoms. The lowest BCUT2D eigenvalue weighted by molar-refractivity contribution is 0.358. The van der Waals surface area contributed by atoms with Gasteiger partial charge in [-0.1, -0.05) is 50.6 Å². The molecule has 1 N–H and O–H groups in total. The first-order valence-electron chi connectivity index (χ1n) is 6.18. The Kier molecular flexibility index (Phi) is 4.55. The van der Waals surface area contributed by atoms with E-state index in [1.54, 1.807) is 0 Å². The van der Waals surface area contributed by atoms with Crippen LogP contribution in [0, 0.1) is 12.3 Å². The molecule has 1 nitrogen and oxygen atoms in total. The smallest absolute Gasteiger partial charge is 0.0291 e. The Morgan fingerprint density at radius 1 is 1.12 bits per heavy atom. The lowest BCUT2D eigenvalue weighted by atomic mass is 9.92. The third-order valence-corrected chi connectivity index (χ3v) is 2.90. The quantitative estimate of drug-likeness (QED) is 0.804. The molecule has 0 aromatic heterocycles. The maximum atomic E-state index is 3.57. The average Bonchev–Trinajstić information content (AvgIpc) is 2.16. The van der Waals surface area contributed by atoms with Crippen LogP contribution < -0.4 is 5.32 Å². The predicted octanol–water partition coefficient (Wildman–Crippen LogP) is 4.08. The third kappa shape index (κ3) is 4.80. The van der Waals surface area contributed by atoms with Crippen molar-refractivity contribution in [2.45, 2.75) is 47.1 Å². The summed E-state index contributed by atoms with van der Waals surface area (Å²) >= 11 is 0. The van der Waals surface area contributed by atoms with Gasteiger partial charge < -0.3 is 5.32 Å². The summed E-state index contributed by atoms with van der Waals surface area (Å²) in [7, 11) is 0. The monoisotopic (exact) mass is 219 g/mol. The van der Waals surface area contributed by atoms with Gasteiger partial charge in [-0.2, -0.15) is 0 Å². The summed E-state index contributed by atoms with van der Waals surface area (Å²) in [4.78, 5) is 0. The van der Waals surface area contributed by atoms with Crippen molar-refractivity contribution in [1.29, 1.82) is 0 Å². The number of benzene rings is 1. The molecule has 0 aliphatic heterocycles. The van der Waals surface area contributed by atoms with Crippen molar-refractivity contribution in [3.05, 3.63) is 35.4 Å². The van der Waals surface area contributed by atoms with E-state index in [1.165, 1.54) is 17.5 Å². The fourth-order valence-electron chi connectivity index (χ4n) is 1.64. The highest BCUT2D eigenvalue weighted by atomic mass is 14.9. The first-order chi connectivity index (χ1) is 7.38. The molecule has 0 heterocycles. The zero-order valence-corrected chi connectivity index (χ0v) is 11.3. The van der Waals surface area contributed by atoms with Crippen LogP contribution in [0.5, 0.6) is 0 Å². The topological polar surface area (TPSA) is 12.0 Å². The fraction of sp³-hybridized carbons (Fsp3) is 0.600. The van der Waals surface area contributed by atoms with Crippen LogP contribution in [0.25, 0.3) is 0 Å². The van der Waals surface area contributed by atoms with Crippen molar-refractivity contribution in [2.75, 3.05) is 6.54 Å². The van der Waals surface area contributed by atoms with Crippen LogP contribution in [0.15, 0.2) is 24.3 Å². The van der Waals surface area contributed by atoms with Gasteiger partial charge in [-0.25, -0.2) is 0 Å². The van der Waals surface area contributed by atoms with Gasteiger partial charge in [0.15, 0.2) is 0 Å². The summed E-state index contributed by atoms with van der Waals surface area (Å²) < 4.78 is 0. The van der Waals surface area contributed by atoms with Gasteiger partial charge in [0.25, 0.3) is 0 Å². The number of hydrogen-bond donors (Lipinski definition) is 1. The largest absolute Gasteiger partial charge is 0.310 e. The third-order valence-electron chi connectivity index (χ3n) is 2.90. The van der Waals surface area contributed by atoms with E-state index in [-0.39, 0.29) is 0 Å². The molecule has 1 rings (SSSR count). The molecule has 0 bridgehead atoms. The minimum Gasteiger partial charge on any atom is -0.310 e. The fourth-order valence-corrected chi connectivity index (χ4v) is 1.64. The van der Waals surface area contributed by atoms with Gasteiger partial charge >= 0.3 is 0 Å². The van der Waals surface area contributed by atoms with E-state index in [1.807, 2.05) is 0 Å². The molecule has 0 amide bonds. The van der Waals surface area contributed by atoms with Gasteiger partial charge in [0.05, 0.1) is 0 Å². The molecule has 0 fully saturated rings. The normalized spacial score (nSPS) is 13.8. The van der Waals surface area contributed by atoms with Gasteiger partial charge in [-0.15, -0.1) is 0 Å². The van der Waals surface area contributed by atoms with E-state index in [4.69, 9.17) is 0 Å². The van der Waals surface area contributed by atoms with Gasteiger partial charge in [0.1, 0.15) is 0 Å². The second kappa shape index (κ2) is 5.49. The Labute approximate surface area is 100 Å². The molecule has 1 heteroatoms. The molecule has 1 aromatic rings. The SMILES string of the molecule is Cc1ccc([C@H](C)NCCC(C)(C)C)cc1. The van der Waals surface area contributed by atoms with E-state index < -0.39 is 0 Å². The van der Waals surface area contributed by atoms with Crippen molar-refractivity contribution in [3.63, 3.8) is 0 Å². The summed E-state index contributed by atoms with van der Waals surface area (Å²) in [5.41, 5.74) is 3.12. The molecular weight excluding hydrogens is 194 g/mol. The molecule has 0 radical (unpaired) electrons. The minimum absolute atomic E-state index is 0.417. The molecule has 0 unspecified atom stereocenters. The molecule has 0 aliphatic rings. The molecule has 0 saturated carbocycles. The Balaban J connectivity index is 2.41. The number of hydrogen-bond acceptors (Lipinski definition) is 1. The second-order valence-corrected chi connectivity index (χ2v) is 5.90. The average molecular weight is 219 g/mol. The zero-order chi connectivity index (χ0) is 12.2. The number of aryl methyl sites for hydroxylation is 1. The van der Waals surface area contributed by atoms with E-state index in [0.717, 1.165) is 6.54 Å². The summed E-state index contributed by atoms with van der Waals surface area (Å²) in [5, 5.41) is 3.57. The molecule has 0 aliphatic carbocycles. The van der Waals surface area contributed by atoms with Gasteiger partial charge in [-0.3, -0.25) is 0 Å². The zero-order valence-electron chi connectivity index (χ0n) is 11.3. The second-order valence-electron chi connectivity index (χ2n) is 5.90. The van der Waals surface area contributed by atoms with Crippen LogP contribution >= 0.6 is 0 Å². The number of nitrogens with one attached hydrogen (secondary N) is 1. The Morgan fingerprint density at radius 3 is 2.19 bits per heavy atom. The van der Waals surface area contributed by atoms with Gasteiger partial charge in [0.2, 0.25) is 0 Å². The summed E-state index contributed by atoms with van der Waals surface area (Å²) in [6.45, 7) is 12.3. The van der Waals surface area contributed by atoms with Crippen molar-refractivity contribution < 1.29 is 0 Å². The van der Waals surface area contributed by atoms with Crippen LogP contribution in [0.3, 0.4) is 0 Å². The first kappa shape index (κ1) is 13.2. The molecule has 1 atom stereocenters. The first-order valence-corrected chi connectivity index (χ1v) is 6.18. The molecule has 90 valence electrons. The van der Waals surface area contributed by atoms with Crippen molar-refractivity contribution in [1.82, 2.24) is 5.32 Å². The predicted molar refractivity (Wildman–Crippen MR) is 71.7 cm³/mol. The van der Waals surface area contributed by atoms with E-state index in [0.29, 0.717) is 11.5 Å². The van der Waals surface area contributed by atoms with Crippen molar-refractivity contribution >= 4 is 0 Å². The van der Waals surface area contributed by atoms with Gasteiger partial charge in [0, 0.05) is 6.04 Å². The Bertz CT molecular complexity index is 305. The van der Waals surface area contributed by atoms with E-state index >= 15 is 0 Å².